The summed E-state index contributed by atoms with van der Waals surface area (Å²) in [6, 6.07) is 8.36. The molecule has 3 rings (SSSR count). The lowest BCUT2D eigenvalue weighted by Crippen LogP contribution is -2.43. The second kappa shape index (κ2) is 9.00. The van der Waals surface area contributed by atoms with Crippen LogP contribution in [0.2, 0.25) is 0 Å². The Morgan fingerprint density at radius 2 is 2.07 bits per heavy atom. The van der Waals surface area contributed by atoms with Crippen molar-refractivity contribution in [2.45, 2.75) is 32.8 Å². The molecule has 0 unspecified atom stereocenters. The van der Waals surface area contributed by atoms with E-state index in [1.807, 2.05) is 32.0 Å². The van der Waals surface area contributed by atoms with Crippen LogP contribution in [0.5, 0.6) is 0 Å². The van der Waals surface area contributed by atoms with E-state index in [1.165, 1.54) is 24.1 Å². The Labute approximate surface area is 169 Å². The van der Waals surface area contributed by atoms with Gasteiger partial charge in [-0.3, -0.25) is 14.4 Å². The topological polar surface area (TPSA) is 93.5 Å². The van der Waals surface area contributed by atoms with Crippen LogP contribution in [0, 0.1) is 13.8 Å². The number of carbonyl (C=O) groups is 2. The van der Waals surface area contributed by atoms with Crippen LogP contribution in [0.1, 0.15) is 34.5 Å². The lowest BCUT2D eigenvalue weighted by molar-refractivity contribution is -0.117. The van der Waals surface area contributed by atoms with Gasteiger partial charge in [-0.05, 0) is 49.9 Å². The fourth-order valence-corrected chi connectivity index (χ4v) is 3.28. The number of rotatable bonds is 6. The minimum Gasteiger partial charge on any atom is -0.376 e. The Kier molecular flexibility index (Phi) is 6.43. The number of ether oxygens (including phenoxy) is 1. The first kappa shape index (κ1) is 20.7. The van der Waals surface area contributed by atoms with E-state index >= 15 is 0 Å². The van der Waals surface area contributed by atoms with Gasteiger partial charge in [0, 0.05) is 32.0 Å². The van der Waals surface area contributed by atoms with Crippen LogP contribution >= 0.6 is 0 Å². The summed E-state index contributed by atoms with van der Waals surface area (Å²) in [6.45, 7) is 4.73. The van der Waals surface area contributed by atoms with Crippen LogP contribution in [0.4, 0.5) is 5.69 Å². The maximum Gasteiger partial charge on any atom is 0.274 e. The quantitative estimate of drug-likeness (QED) is 0.799. The highest BCUT2D eigenvalue weighted by Gasteiger charge is 2.26. The Balaban J connectivity index is 1.77. The van der Waals surface area contributed by atoms with Gasteiger partial charge in [0.15, 0.2) is 0 Å². The zero-order valence-electron chi connectivity index (χ0n) is 17.0. The summed E-state index contributed by atoms with van der Waals surface area (Å²) < 4.78 is 6.75. The number of nitrogens with zero attached hydrogens (tertiary/aromatic N) is 3. The minimum absolute atomic E-state index is 0.111. The van der Waals surface area contributed by atoms with Gasteiger partial charge in [-0.1, -0.05) is 12.1 Å². The summed E-state index contributed by atoms with van der Waals surface area (Å²) in [7, 11) is 1.48. The highest BCUT2D eigenvalue weighted by molar-refractivity contribution is 5.98. The van der Waals surface area contributed by atoms with Crippen molar-refractivity contribution in [1.82, 2.24) is 14.7 Å². The summed E-state index contributed by atoms with van der Waals surface area (Å²) in [5.41, 5.74) is 2.59. The van der Waals surface area contributed by atoms with Gasteiger partial charge in [0.2, 0.25) is 5.91 Å². The standard InChI is InChI=1S/C21H26N4O4/c1-14-6-4-8-17(15(14)2)22-19(26)13-25(12-16-7-5-11-29-16)21(28)18-9-10-20(27)24(3)23-18/h4,6,8-10,16H,5,7,11-13H2,1-3H3,(H,22,26)/t16-/m1/s1. The van der Waals surface area contributed by atoms with E-state index < -0.39 is 5.91 Å². The number of benzene rings is 1. The largest absolute Gasteiger partial charge is 0.376 e. The monoisotopic (exact) mass is 398 g/mol. The van der Waals surface area contributed by atoms with Crippen LogP contribution < -0.4 is 10.9 Å². The van der Waals surface area contributed by atoms with Crippen molar-refractivity contribution in [1.29, 1.82) is 0 Å². The highest BCUT2D eigenvalue weighted by Crippen LogP contribution is 2.18. The summed E-state index contributed by atoms with van der Waals surface area (Å²) in [6.07, 6.45) is 1.66. The molecule has 0 radical (unpaired) electrons. The third-order valence-electron chi connectivity index (χ3n) is 5.13. The molecule has 0 spiro atoms. The second-order valence-corrected chi connectivity index (χ2v) is 7.30. The highest BCUT2D eigenvalue weighted by atomic mass is 16.5. The van der Waals surface area contributed by atoms with E-state index in [-0.39, 0.29) is 29.8 Å². The van der Waals surface area contributed by atoms with Crippen molar-refractivity contribution in [3.63, 3.8) is 0 Å². The first-order chi connectivity index (χ1) is 13.8. The Morgan fingerprint density at radius 3 is 2.76 bits per heavy atom. The third-order valence-corrected chi connectivity index (χ3v) is 5.13. The Bertz CT molecular complexity index is 963. The molecule has 1 fully saturated rings. The predicted octanol–water partition coefficient (Wildman–Crippen LogP) is 1.66. The normalized spacial score (nSPS) is 15.9. The van der Waals surface area contributed by atoms with Gasteiger partial charge in [0.1, 0.15) is 12.2 Å². The lowest BCUT2D eigenvalue weighted by atomic mass is 10.1. The smallest absolute Gasteiger partial charge is 0.274 e. The molecule has 1 atom stereocenters. The first-order valence-electron chi connectivity index (χ1n) is 9.66. The van der Waals surface area contributed by atoms with E-state index in [4.69, 9.17) is 4.74 Å². The van der Waals surface area contributed by atoms with Crippen molar-refractivity contribution >= 4 is 17.5 Å². The van der Waals surface area contributed by atoms with Gasteiger partial charge in [-0.15, -0.1) is 0 Å². The average Bonchev–Trinajstić information content (AvgIpc) is 3.19. The SMILES string of the molecule is Cc1cccc(NC(=O)CN(C[C@H]2CCCO2)C(=O)c2ccc(=O)n(C)n2)c1C. The maximum atomic E-state index is 13.0. The van der Waals surface area contributed by atoms with Gasteiger partial charge in [-0.2, -0.15) is 5.10 Å². The molecule has 0 saturated carbocycles. The van der Waals surface area contributed by atoms with Gasteiger partial charge in [0.25, 0.3) is 11.5 Å². The number of aromatic nitrogens is 2. The van der Waals surface area contributed by atoms with Crippen LogP contribution in [0.25, 0.3) is 0 Å². The molecule has 154 valence electrons. The van der Waals surface area contributed by atoms with Crippen molar-refractivity contribution in [3.8, 4) is 0 Å². The molecule has 8 heteroatoms. The second-order valence-electron chi connectivity index (χ2n) is 7.30. The van der Waals surface area contributed by atoms with E-state index in [1.54, 1.807) is 0 Å². The van der Waals surface area contributed by atoms with E-state index in [9.17, 15) is 14.4 Å². The number of nitrogens with one attached hydrogen (secondary N) is 1. The van der Waals surface area contributed by atoms with E-state index in [2.05, 4.69) is 10.4 Å². The fourth-order valence-electron chi connectivity index (χ4n) is 3.28. The van der Waals surface area contributed by atoms with Gasteiger partial charge in [0.05, 0.1) is 6.10 Å². The zero-order chi connectivity index (χ0) is 21.0. The zero-order valence-corrected chi connectivity index (χ0v) is 17.0. The maximum absolute atomic E-state index is 13.0. The summed E-state index contributed by atoms with van der Waals surface area (Å²) in [5.74, 6) is -0.706. The minimum atomic E-state index is -0.410. The number of carbonyl (C=O) groups excluding carboxylic acids is 2. The van der Waals surface area contributed by atoms with Crippen molar-refractivity contribution in [2.75, 3.05) is 25.0 Å². The van der Waals surface area contributed by atoms with Crippen LogP contribution in [-0.4, -0.2) is 52.3 Å². The summed E-state index contributed by atoms with van der Waals surface area (Å²) in [5, 5.41) is 6.91. The molecule has 1 saturated heterocycles. The molecule has 1 aliphatic rings. The van der Waals surface area contributed by atoms with Gasteiger partial charge >= 0.3 is 0 Å². The molecule has 2 heterocycles. The predicted molar refractivity (Wildman–Crippen MR) is 109 cm³/mol. The molecule has 2 amide bonds. The number of anilines is 1. The molecular weight excluding hydrogens is 372 g/mol. The van der Waals surface area contributed by atoms with Gasteiger partial charge in [-0.25, -0.2) is 4.68 Å². The molecular formula is C21H26N4O4. The molecule has 0 bridgehead atoms. The fraction of sp³-hybridized carbons (Fsp3) is 0.429. The van der Waals surface area contributed by atoms with E-state index in [0.717, 1.165) is 34.3 Å². The van der Waals surface area contributed by atoms with Crippen LogP contribution in [-0.2, 0) is 16.6 Å². The number of aryl methyl sites for hydroxylation is 2. The third kappa shape index (κ3) is 5.08. The molecule has 29 heavy (non-hydrogen) atoms. The van der Waals surface area contributed by atoms with Crippen molar-refractivity contribution in [3.05, 3.63) is 57.5 Å². The number of hydrogen-bond acceptors (Lipinski definition) is 5. The van der Waals surface area contributed by atoms with Crippen LogP contribution in [0.3, 0.4) is 0 Å². The molecule has 2 aromatic rings. The van der Waals surface area contributed by atoms with Crippen molar-refractivity contribution in [2.24, 2.45) is 7.05 Å². The van der Waals surface area contributed by atoms with Gasteiger partial charge < -0.3 is 15.0 Å². The first-order valence-corrected chi connectivity index (χ1v) is 9.66. The molecule has 1 N–H and O–H groups in total. The summed E-state index contributed by atoms with van der Waals surface area (Å²) >= 11 is 0. The van der Waals surface area contributed by atoms with Crippen LogP contribution in [0.15, 0.2) is 35.1 Å². The molecule has 8 nitrogen and oxygen atoms in total. The molecule has 1 aromatic carbocycles. The molecule has 0 aliphatic carbocycles. The Morgan fingerprint density at radius 1 is 1.28 bits per heavy atom. The molecule has 1 aliphatic heterocycles. The summed E-state index contributed by atoms with van der Waals surface area (Å²) in [4.78, 5) is 38.7. The lowest BCUT2D eigenvalue weighted by Gasteiger charge is -2.25. The van der Waals surface area contributed by atoms with Crippen molar-refractivity contribution < 1.29 is 14.3 Å². The Hall–Kier alpha value is -3.00. The average molecular weight is 398 g/mol. The van der Waals surface area contributed by atoms with E-state index in [0.29, 0.717) is 13.2 Å². The molecule has 1 aromatic heterocycles. The number of amides is 2. The number of hydrogen-bond donors (Lipinski definition) is 1.